The van der Waals surface area contributed by atoms with Crippen LogP contribution in [0, 0.1) is 0 Å². The highest BCUT2D eigenvalue weighted by Gasteiger charge is 2.44. The molecule has 6 heteroatoms. The molecule has 4 atom stereocenters. The molecule has 1 saturated carbocycles. The lowest BCUT2D eigenvalue weighted by Gasteiger charge is -2.46. The van der Waals surface area contributed by atoms with E-state index in [9.17, 15) is 4.79 Å². The Labute approximate surface area is 131 Å². The quantitative estimate of drug-likeness (QED) is 0.814. The number of hydrogen-bond donors (Lipinski definition) is 2. The first-order valence-electron chi connectivity index (χ1n) is 7.84. The predicted octanol–water partition coefficient (Wildman–Crippen LogP) is 2.15. The van der Waals surface area contributed by atoms with E-state index >= 15 is 0 Å². The van der Waals surface area contributed by atoms with E-state index in [0.29, 0.717) is 12.6 Å². The molecule has 2 N–H and O–H groups in total. The summed E-state index contributed by atoms with van der Waals surface area (Å²) < 4.78 is 11.1. The smallest absolute Gasteiger partial charge is 0.407 e. The van der Waals surface area contributed by atoms with Crippen molar-refractivity contribution < 1.29 is 14.3 Å². The van der Waals surface area contributed by atoms with Gasteiger partial charge in [-0.25, -0.2) is 4.79 Å². The number of ether oxygens (including phenoxy) is 2. The maximum absolute atomic E-state index is 11.9. The van der Waals surface area contributed by atoms with Crippen molar-refractivity contribution >= 4 is 17.9 Å². The first-order chi connectivity index (χ1) is 9.89. The second-order valence-electron chi connectivity index (χ2n) is 6.74. The van der Waals surface area contributed by atoms with Gasteiger partial charge in [-0.3, -0.25) is 0 Å². The Morgan fingerprint density at radius 3 is 2.71 bits per heavy atom. The van der Waals surface area contributed by atoms with Gasteiger partial charge in [-0.2, -0.15) is 11.8 Å². The minimum atomic E-state index is -0.460. The van der Waals surface area contributed by atoms with Crippen LogP contribution in [0.3, 0.4) is 0 Å². The Bertz CT molecular complexity index is 353. The number of thioether (sulfide) groups is 1. The van der Waals surface area contributed by atoms with Gasteiger partial charge in [0.05, 0.1) is 18.2 Å². The summed E-state index contributed by atoms with van der Waals surface area (Å²) in [5.41, 5.74) is -0.460. The Morgan fingerprint density at radius 1 is 1.38 bits per heavy atom. The van der Waals surface area contributed by atoms with E-state index in [2.05, 4.69) is 10.6 Å². The van der Waals surface area contributed by atoms with Gasteiger partial charge in [-0.05, 0) is 46.3 Å². The summed E-state index contributed by atoms with van der Waals surface area (Å²) in [5.74, 6) is 2.36. The summed E-state index contributed by atoms with van der Waals surface area (Å²) in [6, 6.07) is 0.828. The van der Waals surface area contributed by atoms with Crippen LogP contribution in [0.1, 0.15) is 40.5 Å². The second-order valence-corrected chi connectivity index (χ2v) is 7.89. The first-order valence-corrected chi connectivity index (χ1v) is 8.99. The van der Waals surface area contributed by atoms with Gasteiger partial charge in [0, 0.05) is 18.4 Å². The van der Waals surface area contributed by atoms with Crippen molar-refractivity contribution in [1.82, 2.24) is 10.6 Å². The van der Waals surface area contributed by atoms with Gasteiger partial charge in [0.15, 0.2) is 0 Å². The topological polar surface area (TPSA) is 59.6 Å². The molecule has 2 aliphatic rings. The molecular formula is C15H28N2O3S. The number of amides is 1. The fourth-order valence-corrected chi connectivity index (χ4v) is 3.93. The lowest BCUT2D eigenvalue weighted by molar-refractivity contribution is -0.0458. The van der Waals surface area contributed by atoms with Crippen LogP contribution < -0.4 is 10.6 Å². The molecule has 1 saturated heterocycles. The largest absolute Gasteiger partial charge is 0.444 e. The molecule has 2 fully saturated rings. The number of carbonyl (C=O) groups excluding carboxylic acids is 1. The number of carbonyl (C=O) groups is 1. The van der Waals surface area contributed by atoms with Crippen LogP contribution in [-0.2, 0) is 9.47 Å². The van der Waals surface area contributed by atoms with Crippen LogP contribution >= 0.6 is 11.8 Å². The lowest BCUT2D eigenvalue weighted by Crippen LogP contribution is -2.67. The molecule has 5 nitrogen and oxygen atoms in total. The molecule has 1 aliphatic heterocycles. The van der Waals surface area contributed by atoms with Gasteiger partial charge in [0.2, 0.25) is 0 Å². The molecule has 122 valence electrons. The SMILES string of the molecule is CCOC1CC(NC(=O)OC(C)(C)C)C1NC1CCSC1. The maximum atomic E-state index is 11.9. The number of nitrogens with one attached hydrogen (secondary N) is 2. The van der Waals surface area contributed by atoms with Crippen molar-refractivity contribution in [3.8, 4) is 0 Å². The zero-order chi connectivity index (χ0) is 15.5. The van der Waals surface area contributed by atoms with Gasteiger partial charge < -0.3 is 20.1 Å². The van der Waals surface area contributed by atoms with E-state index in [1.165, 1.54) is 12.2 Å². The molecule has 1 aliphatic carbocycles. The summed E-state index contributed by atoms with van der Waals surface area (Å²) >= 11 is 1.98. The third kappa shape index (κ3) is 5.04. The third-order valence-corrected chi connectivity index (χ3v) is 4.92. The molecule has 2 rings (SSSR count). The van der Waals surface area contributed by atoms with Crippen LogP contribution in [0.4, 0.5) is 4.79 Å². The Kier molecular flexibility index (Phi) is 5.80. The maximum Gasteiger partial charge on any atom is 0.407 e. The molecule has 0 aromatic heterocycles. The Morgan fingerprint density at radius 2 is 2.14 bits per heavy atom. The molecule has 0 spiro atoms. The van der Waals surface area contributed by atoms with Crippen molar-refractivity contribution in [3.05, 3.63) is 0 Å². The third-order valence-electron chi connectivity index (χ3n) is 3.76. The lowest BCUT2D eigenvalue weighted by atomic mass is 9.82. The molecule has 1 amide bonds. The van der Waals surface area contributed by atoms with E-state index in [1.807, 2.05) is 39.5 Å². The Hall–Kier alpha value is -0.460. The highest BCUT2D eigenvalue weighted by Crippen LogP contribution is 2.27. The molecule has 21 heavy (non-hydrogen) atoms. The minimum Gasteiger partial charge on any atom is -0.444 e. The summed E-state index contributed by atoms with van der Waals surface area (Å²) in [7, 11) is 0. The number of alkyl carbamates (subject to hydrolysis) is 1. The van der Waals surface area contributed by atoms with Crippen molar-refractivity contribution in [2.24, 2.45) is 0 Å². The van der Waals surface area contributed by atoms with Gasteiger partial charge >= 0.3 is 6.09 Å². The van der Waals surface area contributed by atoms with Crippen LogP contribution in [0.25, 0.3) is 0 Å². The van der Waals surface area contributed by atoms with Crippen LogP contribution in [0.2, 0.25) is 0 Å². The standard InChI is InChI=1S/C15H28N2O3S/c1-5-19-12-8-11(17-14(18)20-15(2,3)4)13(12)16-10-6-7-21-9-10/h10-13,16H,5-9H2,1-4H3,(H,17,18). The van der Waals surface area contributed by atoms with Crippen molar-refractivity contribution in [2.45, 2.75) is 70.4 Å². The average Bonchev–Trinajstić information content (AvgIpc) is 2.85. The van der Waals surface area contributed by atoms with Crippen molar-refractivity contribution in [1.29, 1.82) is 0 Å². The van der Waals surface area contributed by atoms with E-state index in [4.69, 9.17) is 9.47 Å². The fraction of sp³-hybridized carbons (Fsp3) is 0.933. The zero-order valence-electron chi connectivity index (χ0n) is 13.5. The highest BCUT2D eigenvalue weighted by atomic mass is 32.2. The summed E-state index contributed by atoms with van der Waals surface area (Å²) in [6.45, 7) is 8.35. The Balaban J connectivity index is 1.84. The second kappa shape index (κ2) is 7.20. The molecule has 0 aromatic rings. The molecular weight excluding hydrogens is 288 g/mol. The molecule has 0 radical (unpaired) electrons. The molecule has 1 heterocycles. The fourth-order valence-electron chi connectivity index (χ4n) is 2.76. The highest BCUT2D eigenvalue weighted by molar-refractivity contribution is 7.99. The van der Waals surface area contributed by atoms with E-state index in [-0.39, 0.29) is 24.3 Å². The van der Waals surface area contributed by atoms with Crippen LogP contribution in [0.15, 0.2) is 0 Å². The van der Waals surface area contributed by atoms with Crippen LogP contribution in [0.5, 0.6) is 0 Å². The average molecular weight is 316 g/mol. The summed E-state index contributed by atoms with van der Waals surface area (Å²) in [4.78, 5) is 11.9. The van der Waals surface area contributed by atoms with E-state index in [0.717, 1.165) is 12.2 Å². The van der Waals surface area contributed by atoms with Crippen LogP contribution in [-0.4, -0.2) is 54.0 Å². The van der Waals surface area contributed by atoms with Crippen molar-refractivity contribution in [2.75, 3.05) is 18.1 Å². The van der Waals surface area contributed by atoms with Gasteiger partial charge in [0.1, 0.15) is 5.60 Å². The zero-order valence-corrected chi connectivity index (χ0v) is 14.3. The molecule has 0 bridgehead atoms. The first kappa shape index (κ1) is 16.9. The van der Waals surface area contributed by atoms with Gasteiger partial charge in [-0.1, -0.05) is 0 Å². The van der Waals surface area contributed by atoms with E-state index < -0.39 is 5.60 Å². The summed E-state index contributed by atoms with van der Waals surface area (Å²) in [6.07, 6.45) is 1.90. The normalized spacial score (nSPS) is 32.6. The van der Waals surface area contributed by atoms with Crippen molar-refractivity contribution in [3.63, 3.8) is 0 Å². The van der Waals surface area contributed by atoms with Gasteiger partial charge in [0.25, 0.3) is 0 Å². The van der Waals surface area contributed by atoms with E-state index in [1.54, 1.807) is 0 Å². The molecule has 4 unspecified atom stereocenters. The molecule has 0 aromatic carbocycles. The van der Waals surface area contributed by atoms with Gasteiger partial charge in [-0.15, -0.1) is 0 Å². The monoisotopic (exact) mass is 316 g/mol. The predicted molar refractivity (Wildman–Crippen MR) is 85.8 cm³/mol. The minimum absolute atomic E-state index is 0.0991. The number of hydrogen-bond acceptors (Lipinski definition) is 5. The summed E-state index contributed by atoms with van der Waals surface area (Å²) in [5, 5.41) is 6.63. The number of rotatable bonds is 5.